The first-order valence-electron chi connectivity index (χ1n) is 7.42. The highest BCUT2D eigenvalue weighted by atomic mass is 32.2. The van der Waals surface area contributed by atoms with Crippen LogP contribution in [0.15, 0.2) is 0 Å². The molecule has 0 aromatic rings. The Bertz CT molecular complexity index is 261. The number of piperidine rings is 1. The van der Waals surface area contributed by atoms with E-state index in [9.17, 15) is 4.79 Å². The lowest BCUT2D eigenvalue weighted by Crippen LogP contribution is -2.43. The molecule has 0 spiro atoms. The van der Waals surface area contributed by atoms with E-state index < -0.39 is 0 Å². The molecule has 2 saturated heterocycles. The molecule has 0 radical (unpaired) electrons. The molecule has 2 aliphatic heterocycles. The van der Waals surface area contributed by atoms with E-state index in [1.807, 2.05) is 11.8 Å². The largest absolute Gasteiger partial charge is 0.342 e. The molecule has 0 bridgehead atoms. The summed E-state index contributed by atoms with van der Waals surface area (Å²) in [4.78, 5) is 14.6. The van der Waals surface area contributed by atoms with Gasteiger partial charge in [0.15, 0.2) is 0 Å². The van der Waals surface area contributed by atoms with Crippen LogP contribution >= 0.6 is 11.8 Å². The summed E-state index contributed by atoms with van der Waals surface area (Å²) in [5.41, 5.74) is 0. The van der Waals surface area contributed by atoms with E-state index in [4.69, 9.17) is 0 Å². The molecule has 2 rings (SSSR count). The van der Waals surface area contributed by atoms with Gasteiger partial charge in [-0.2, -0.15) is 0 Å². The number of nitrogens with one attached hydrogen (secondary N) is 1. The summed E-state index contributed by atoms with van der Waals surface area (Å²) in [5.74, 6) is 2.28. The summed E-state index contributed by atoms with van der Waals surface area (Å²) in [6, 6.07) is 0. The zero-order chi connectivity index (χ0) is 12.8. The van der Waals surface area contributed by atoms with Crippen molar-refractivity contribution in [2.45, 2.75) is 44.3 Å². The Morgan fingerprint density at radius 1 is 1.28 bits per heavy atom. The lowest BCUT2D eigenvalue weighted by atomic mass is 9.97. The van der Waals surface area contributed by atoms with Crippen LogP contribution in [0.3, 0.4) is 0 Å². The number of hydrogen-bond acceptors (Lipinski definition) is 3. The lowest BCUT2D eigenvalue weighted by Gasteiger charge is -2.32. The van der Waals surface area contributed by atoms with Gasteiger partial charge in [0.25, 0.3) is 0 Å². The second kappa shape index (κ2) is 7.39. The van der Waals surface area contributed by atoms with E-state index in [1.54, 1.807) is 0 Å². The molecule has 1 N–H and O–H groups in total. The Morgan fingerprint density at radius 2 is 2.06 bits per heavy atom. The third kappa shape index (κ3) is 3.89. The summed E-state index contributed by atoms with van der Waals surface area (Å²) >= 11 is 1.87. The van der Waals surface area contributed by atoms with Crippen LogP contribution < -0.4 is 5.32 Å². The van der Waals surface area contributed by atoms with Gasteiger partial charge in [0.2, 0.25) is 5.91 Å². The van der Waals surface area contributed by atoms with E-state index in [0.717, 1.165) is 32.6 Å². The van der Waals surface area contributed by atoms with Crippen LogP contribution in [0, 0.1) is 5.92 Å². The van der Waals surface area contributed by atoms with E-state index in [2.05, 4.69) is 17.1 Å². The van der Waals surface area contributed by atoms with Crippen molar-refractivity contribution in [1.29, 1.82) is 0 Å². The Kier molecular flexibility index (Phi) is 5.83. The van der Waals surface area contributed by atoms with Crippen LogP contribution in [-0.2, 0) is 4.79 Å². The van der Waals surface area contributed by atoms with E-state index in [1.165, 1.54) is 31.4 Å². The molecule has 1 amide bonds. The van der Waals surface area contributed by atoms with Crippen LogP contribution in [0.4, 0.5) is 0 Å². The molecule has 0 aromatic carbocycles. The average Bonchev–Trinajstić information content (AvgIpc) is 2.46. The van der Waals surface area contributed by atoms with E-state index in [-0.39, 0.29) is 5.25 Å². The number of carbonyl (C=O) groups excluding carboxylic acids is 1. The summed E-state index contributed by atoms with van der Waals surface area (Å²) in [5, 5.41) is 3.64. The van der Waals surface area contributed by atoms with Gasteiger partial charge in [-0.05, 0) is 57.4 Å². The van der Waals surface area contributed by atoms with Gasteiger partial charge in [-0.3, -0.25) is 4.79 Å². The van der Waals surface area contributed by atoms with Gasteiger partial charge in [0.1, 0.15) is 0 Å². The van der Waals surface area contributed by atoms with E-state index >= 15 is 0 Å². The van der Waals surface area contributed by atoms with E-state index in [0.29, 0.717) is 11.8 Å². The zero-order valence-corrected chi connectivity index (χ0v) is 12.3. The Morgan fingerprint density at radius 3 is 2.67 bits per heavy atom. The van der Waals surface area contributed by atoms with Crippen molar-refractivity contribution in [2.75, 3.05) is 31.9 Å². The first-order chi connectivity index (χ1) is 8.81. The van der Waals surface area contributed by atoms with Gasteiger partial charge >= 0.3 is 0 Å². The van der Waals surface area contributed by atoms with Crippen molar-refractivity contribution >= 4 is 17.7 Å². The summed E-state index contributed by atoms with van der Waals surface area (Å²) in [6.07, 6.45) is 6.05. The van der Waals surface area contributed by atoms with Gasteiger partial charge in [-0.15, -0.1) is 11.8 Å². The third-order valence-electron chi connectivity index (χ3n) is 4.09. The monoisotopic (exact) mass is 270 g/mol. The molecule has 3 nitrogen and oxygen atoms in total. The van der Waals surface area contributed by atoms with Crippen molar-refractivity contribution in [2.24, 2.45) is 5.92 Å². The van der Waals surface area contributed by atoms with Crippen molar-refractivity contribution in [3.8, 4) is 0 Å². The molecular weight excluding hydrogens is 244 g/mol. The predicted molar refractivity (Wildman–Crippen MR) is 77.9 cm³/mol. The van der Waals surface area contributed by atoms with Crippen LogP contribution in [0.1, 0.15) is 39.0 Å². The van der Waals surface area contributed by atoms with Crippen molar-refractivity contribution in [3.05, 3.63) is 0 Å². The zero-order valence-electron chi connectivity index (χ0n) is 11.5. The van der Waals surface area contributed by atoms with Crippen LogP contribution in [0.2, 0.25) is 0 Å². The van der Waals surface area contributed by atoms with Crippen molar-refractivity contribution < 1.29 is 4.79 Å². The molecule has 2 heterocycles. The minimum atomic E-state index is 0.250. The lowest BCUT2D eigenvalue weighted by molar-refractivity contribution is -0.131. The Hall–Kier alpha value is -0.220. The quantitative estimate of drug-likeness (QED) is 0.849. The van der Waals surface area contributed by atoms with Crippen molar-refractivity contribution in [3.63, 3.8) is 0 Å². The van der Waals surface area contributed by atoms with Gasteiger partial charge in [-0.1, -0.05) is 6.42 Å². The fourth-order valence-corrected chi connectivity index (χ4v) is 4.17. The molecule has 18 heavy (non-hydrogen) atoms. The van der Waals surface area contributed by atoms with Crippen LogP contribution in [0.5, 0.6) is 0 Å². The Balaban J connectivity index is 1.84. The molecule has 0 aliphatic carbocycles. The summed E-state index contributed by atoms with van der Waals surface area (Å²) in [7, 11) is 0. The molecule has 0 saturated carbocycles. The van der Waals surface area contributed by atoms with Gasteiger partial charge in [-0.25, -0.2) is 0 Å². The van der Waals surface area contributed by atoms with Crippen LogP contribution in [-0.4, -0.2) is 48.0 Å². The van der Waals surface area contributed by atoms with Gasteiger partial charge in [0.05, 0.1) is 5.25 Å². The standard InChI is InChI=1S/C14H26N2OS/c1-2-16(11-12-6-8-15-9-7-12)14(17)13-5-3-4-10-18-13/h12-13,15H,2-11H2,1H3. The second-order valence-corrected chi connectivity index (χ2v) is 6.74. The molecule has 2 fully saturated rings. The summed E-state index contributed by atoms with van der Waals surface area (Å²) < 4.78 is 0. The number of thioether (sulfide) groups is 1. The van der Waals surface area contributed by atoms with Crippen molar-refractivity contribution in [1.82, 2.24) is 10.2 Å². The highest BCUT2D eigenvalue weighted by molar-refractivity contribution is 8.00. The maximum atomic E-state index is 12.5. The predicted octanol–water partition coefficient (Wildman–Crippen LogP) is 2.12. The minimum Gasteiger partial charge on any atom is -0.342 e. The fraction of sp³-hybridized carbons (Fsp3) is 0.929. The molecule has 104 valence electrons. The topological polar surface area (TPSA) is 32.3 Å². The summed E-state index contributed by atoms with van der Waals surface area (Å²) in [6.45, 7) is 6.21. The normalized spacial score (nSPS) is 25.9. The molecule has 1 unspecified atom stereocenters. The van der Waals surface area contributed by atoms with Crippen LogP contribution in [0.25, 0.3) is 0 Å². The second-order valence-electron chi connectivity index (χ2n) is 5.43. The number of amides is 1. The highest BCUT2D eigenvalue weighted by Crippen LogP contribution is 2.27. The SMILES string of the molecule is CCN(CC1CCNCC1)C(=O)C1CCCCS1. The Labute approximate surface area is 115 Å². The number of nitrogens with zero attached hydrogens (tertiary/aromatic N) is 1. The fourth-order valence-electron chi connectivity index (χ4n) is 2.89. The van der Waals surface area contributed by atoms with Gasteiger partial charge < -0.3 is 10.2 Å². The van der Waals surface area contributed by atoms with Gasteiger partial charge in [0, 0.05) is 13.1 Å². The average molecular weight is 270 g/mol. The smallest absolute Gasteiger partial charge is 0.235 e. The number of carbonyl (C=O) groups is 1. The molecule has 0 aromatic heterocycles. The first-order valence-corrected chi connectivity index (χ1v) is 8.47. The molecule has 1 atom stereocenters. The molecular formula is C14H26N2OS. The highest BCUT2D eigenvalue weighted by Gasteiger charge is 2.27. The maximum Gasteiger partial charge on any atom is 0.235 e. The third-order valence-corrected chi connectivity index (χ3v) is 5.45. The minimum absolute atomic E-state index is 0.250. The maximum absolute atomic E-state index is 12.5. The molecule has 4 heteroatoms. The number of hydrogen-bond donors (Lipinski definition) is 1. The first kappa shape index (κ1) is 14.2. The number of rotatable bonds is 4. The molecule has 2 aliphatic rings.